The number of carboxylic acids is 1. The lowest BCUT2D eigenvalue weighted by Crippen LogP contribution is -2.41. The van der Waals surface area contributed by atoms with Crippen molar-refractivity contribution in [3.8, 4) is 0 Å². The molecule has 0 bridgehead atoms. The van der Waals surface area contributed by atoms with Crippen LogP contribution < -0.4 is 11.2 Å². The van der Waals surface area contributed by atoms with E-state index in [2.05, 4.69) is 0 Å². The van der Waals surface area contributed by atoms with Gasteiger partial charge in [0.05, 0.1) is 23.7 Å². The Hall–Kier alpha value is -4.10. The molecule has 3 heterocycles. The highest BCUT2D eigenvalue weighted by Crippen LogP contribution is 2.37. The van der Waals surface area contributed by atoms with E-state index in [0.717, 1.165) is 23.8 Å². The molecule has 0 aliphatic carbocycles. The van der Waals surface area contributed by atoms with Gasteiger partial charge in [0.25, 0.3) is 17.4 Å². The maximum absolute atomic E-state index is 12.5. The molecule has 172 valence electrons. The highest BCUT2D eigenvalue weighted by Gasteiger charge is 2.52. The lowest BCUT2D eigenvalue weighted by molar-refractivity contribution is -0.159. The Morgan fingerprint density at radius 2 is 1.73 bits per heavy atom. The first-order chi connectivity index (χ1) is 15.7. The van der Waals surface area contributed by atoms with Gasteiger partial charge in [-0.15, -0.1) is 5.06 Å². The van der Waals surface area contributed by atoms with E-state index in [1.165, 1.54) is 12.1 Å². The molecular weight excluding hydrogens is 442 g/mol. The number of rotatable bonds is 6. The van der Waals surface area contributed by atoms with Crippen molar-refractivity contribution < 1.29 is 38.6 Å². The highest BCUT2D eigenvalue weighted by atomic mass is 16.7. The standard InChI is InChI=1S/C20H17N3O10/c1-9(24)32-14-12(8-31-23-16(26)10-4-2-3-5-11(10)17(23)27)15(19(28)29)33-18(14)22-7-6-13(25)21-20(22)30/h2-7,12,14-15,18H,8H2,1H3,(H,28,29)(H,21,25,30)/t12-,14+,15-,18+/m0/s1. The zero-order valence-corrected chi connectivity index (χ0v) is 17.0. The Morgan fingerprint density at radius 3 is 2.27 bits per heavy atom. The van der Waals surface area contributed by atoms with Crippen LogP contribution in [-0.4, -0.2) is 62.3 Å². The number of H-pyrrole nitrogens is 1. The number of hydroxylamine groups is 2. The maximum Gasteiger partial charge on any atom is 0.333 e. The molecule has 2 N–H and O–H groups in total. The molecule has 4 atom stereocenters. The van der Waals surface area contributed by atoms with Crippen LogP contribution in [0.15, 0.2) is 46.1 Å². The van der Waals surface area contributed by atoms with Crippen LogP contribution in [0.1, 0.15) is 33.9 Å². The van der Waals surface area contributed by atoms with E-state index >= 15 is 0 Å². The molecule has 2 aliphatic heterocycles. The van der Waals surface area contributed by atoms with E-state index in [0.29, 0.717) is 5.06 Å². The Labute approximate surface area is 184 Å². The summed E-state index contributed by atoms with van der Waals surface area (Å²) in [6.07, 6.45) is -3.35. The number of fused-ring (bicyclic) bond motifs is 1. The third-order valence-corrected chi connectivity index (χ3v) is 5.20. The number of nitrogens with one attached hydrogen (secondary N) is 1. The quantitative estimate of drug-likeness (QED) is 0.415. The average molecular weight is 459 g/mol. The average Bonchev–Trinajstić information content (AvgIpc) is 3.22. The summed E-state index contributed by atoms with van der Waals surface area (Å²) in [6, 6.07) is 7.04. The summed E-state index contributed by atoms with van der Waals surface area (Å²) in [7, 11) is 0. The third-order valence-electron chi connectivity index (χ3n) is 5.20. The van der Waals surface area contributed by atoms with Gasteiger partial charge in [0, 0.05) is 19.2 Å². The molecule has 33 heavy (non-hydrogen) atoms. The van der Waals surface area contributed by atoms with Crippen LogP contribution in [0.5, 0.6) is 0 Å². The molecule has 13 heteroatoms. The number of hydrogen-bond donors (Lipinski definition) is 2. The van der Waals surface area contributed by atoms with Gasteiger partial charge in [-0.3, -0.25) is 33.6 Å². The molecule has 2 aliphatic rings. The molecular formula is C20H17N3O10. The molecule has 1 aromatic heterocycles. The molecule has 1 fully saturated rings. The van der Waals surface area contributed by atoms with Gasteiger partial charge < -0.3 is 14.6 Å². The number of aromatic nitrogens is 2. The minimum absolute atomic E-state index is 0.120. The first kappa shape index (κ1) is 22.1. The predicted octanol–water partition coefficient (Wildman–Crippen LogP) is -0.706. The number of nitrogens with zero attached hydrogens (tertiary/aromatic N) is 2. The van der Waals surface area contributed by atoms with Crippen molar-refractivity contribution in [2.24, 2.45) is 5.92 Å². The molecule has 0 saturated carbocycles. The fourth-order valence-corrected chi connectivity index (χ4v) is 3.77. The molecule has 13 nitrogen and oxygen atoms in total. The molecule has 1 aromatic carbocycles. The number of hydrogen-bond acceptors (Lipinski definition) is 9. The number of carbonyl (C=O) groups is 4. The van der Waals surface area contributed by atoms with E-state index in [-0.39, 0.29) is 11.1 Å². The molecule has 4 rings (SSSR count). The van der Waals surface area contributed by atoms with Gasteiger partial charge in [0.2, 0.25) is 0 Å². The predicted molar refractivity (Wildman–Crippen MR) is 105 cm³/mol. The summed E-state index contributed by atoms with van der Waals surface area (Å²) in [5, 5.41) is 10.1. The minimum Gasteiger partial charge on any atom is -0.479 e. The van der Waals surface area contributed by atoms with Crippen LogP contribution in [0.2, 0.25) is 0 Å². The second-order valence-electron chi connectivity index (χ2n) is 7.29. The smallest absolute Gasteiger partial charge is 0.333 e. The van der Waals surface area contributed by atoms with Crippen molar-refractivity contribution in [1.82, 2.24) is 14.6 Å². The van der Waals surface area contributed by atoms with Gasteiger partial charge in [0.1, 0.15) is 0 Å². The number of esters is 1. The molecule has 2 aromatic rings. The Morgan fingerprint density at radius 1 is 1.09 bits per heavy atom. The van der Waals surface area contributed by atoms with Crippen molar-refractivity contribution in [3.63, 3.8) is 0 Å². The van der Waals surface area contributed by atoms with Crippen LogP contribution in [0.3, 0.4) is 0 Å². The number of aliphatic carboxylic acids is 1. The monoisotopic (exact) mass is 459 g/mol. The number of amides is 2. The second-order valence-corrected chi connectivity index (χ2v) is 7.29. The summed E-state index contributed by atoms with van der Waals surface area (Å²) in [6.45, 7) is 0.498. The number of benzene rings is 1. The summed E-state index contributed by atoms with van der Waals surface area (Å²) in [5.74, 6) is -4.96. The number of carboxylic acid groups (broad SMARTS) is 1. The highest BCUT2D eigenvalue weighted by molar-refractivity contribution is 6.20. The van der Waals surface area contributed by atoms with Gasteiger partial charge >= 0.3 is 17.6 Å². The van der Waals surface area contributed by atoms with Crippen LogP contribution in [0.4, 0.5) is 0 Å². The Balaban J connectivity index is 1.63. The Kier molecular flexibility index (Phi) is 5.66. The number of aromatic amines is 1. The summed E-state index contributed by atoms with van der Waals surface area (Å²) in [4.78, 5) is 79.6. The minimum atomic E-state index is -1.63. The first-order valence-electron chi connectivity index (χ1n) is 9.66. The van der Waals surface area contributed by atoms with Crippen LogP contribution in [-0.2, 0) is 23.9 Å². The lowest BCUT2D eigenvalue weighted by Gasteiger charge is -2.24. The van der Waals surface area contributed by atoms with Gasteiger partial charge in [-0.1, -0.05) is 12.1 Å². The van der Waals surface area contributed by atoms with E-state index in [1.54, 1.807) is 12.1 Å². The largest absolute Gasteiger partial charge is 0.479 e. The topological polar surface area (TPSA) is 174 Å². The molecule has 1 saturated heterocycles. The van der Waals surface area contributed by atoms with Crippen LogP contribution in [0.25, 0.3) is 0 Å². The SMILES string of the molecule is CC(=O)O[C@@H]1[C@H](CON2C(=O)c3ccccc3C2=O)[C@@H](C(=O)O)O[C@H]1n1ccc(=O)[nH]c1=O. The van der Waals surface area contributed by atoms with Crippen molar-refractivity contribution in [1.29, 1.82) is 0 Å². The van der Waals surface area contributed by atoms with Crippen molar-refractivity contribution >= 4 is 23.8 Å². The zero-order valence-electron chi connectivity index (χ0n) is 17.0. The van der Waals surface area contributed by atoms with Crippen LogP contribution >= 0.6 is 0 Å². The van der Waals surface area contributed by atoms with E-state index < -0.39 is 66.0 Å². The van der Waals surface area contributed by atoms with E-state index in [4.69, 9.17) is 14.3 Å². The van der Waals surface area contributed by atoms with Crippen LogP contribution in [0, 0.1) is 5.92 Å². The maximum atomic E-state index is 12.5. The number of ether oxygens (including phenoxy) is 2. The molecule has 0 spiro atoms. The Bertz CT molecular complexity index is 1230. The number of carbonyl (C=O) groups excluding carboxylic acids is 3. The molecule has 0 radical (unpaired) electrons. The lowest BCUT2D eigenvalue weighted by atomic mass is 9.98. The second kappa shape index (κ2) is 8.44. The first-order valence-corrected chi connectivity index (χ1v) is 9.66. The van der Waals surface area contributed by atoms with Gasteiger partial charge in [-0.2, -0.15) is 0 Å². The van der Waals surface area contributed by atoms with E-state index in [1.807, 2.05) is 4.98 Å². The summed E-state index contributed by atoms with van der Waals surface area (Å²) < 4.78 is 11.6. The van der Waals surface area contributed by atoms with Crippen molar-refractivity contribution in [2.45, 2.75) is 25.4 Å². The van der Waals surface area contributed by atoms with Crippen molar-refractivity contribution in [2.75, 3.05) is 6.61 Å². The van der Waals surface area contributed by atoms with Gasteiger partial charge in [-0.05, 0) is 12.1 Å². The summed E-state index contributed by atoms with van der Waals surface area (Å²) in [5.41, 5.74) is -1.38. The fourth-order valence-electron chi connectivity index (χ4n) is 3.77. The molecule has 0 unspecified atom stereocenters. The van der Waals surface area contributed by atoms with Gasteiger partial charge in [-0.25, -0.2) is 9.59 Å². The normalized spacial score (nSPS) is 24.1. The van der Waals surface area contributed by atoms with Crippen molar-refractivity contribution in [3.05, 3.63) is 68.5 Å². The zero-order chi connectivity index (χ0) is 23.9. The van der Waals surface area contributed by atoms with E-state index in [9.17, 15) is 33.9 Å². The van der Waals surface area contributed by atoms with Gasteiger partial charge in [0.15, 0.2) is 18.4 Å². The summed E-state index contributed by atoms with van der Waals surface area (Å²) >= 11 is 0. The number of imide groups is 1. The molecule has 2 amide bonds. The fraction of sp³-hybridized carbons (Fsp3) is 0.300. The third kappa shape index (κ3) is 3.94.